The van der Waals surface area contributed by atoms with Gasteiger partial charge in [-0.15, -0.1) is 5.06 Å². The largest absolute Gasteiger partial charge is 0.362 e. The number of para-hydroxylation sites is 1. The molecule has 0 bridgehead atoms. The Morgan fingerprint density at radius 1 is 1.37 bits per heavy atom. The average molecular weight is 260 g/mol. The summed E-state index contributed by atoms with van der Waals surface area (Å²) in [7, 11) is 0. The van der Waals surface area contributed by atoms with Crippen LogP contribution < -0.4 is 5.43 Å². The fourth-order valence-electron chi connectivity index (χ4n) is 1.95. The van der Waals surface area contributed by atoms with E-state index in [-0.39, 0.29) is 17.7 Å². The predicted octanol–water partition coefficient (Wildman–Crippen LogP) is 0.890. The molecular weight excluding hydrogens is 248 g/mol. The number of ether oxygens (including phenoxy) is 1. The van der Waals surface area contributed by atoms with E-state index < -0.39 is 5.97 Å². The highest BCUT2D eigenvalue weighted by molar-refractivity contribution is 5.93. The molecular formula is C13H12N2O4. The van der Waals surface area contributed by atoms with Crippen LogP contribution in [0.1, 0.15) is 10.4 Å². The Kier molecular flexibility index (Phi) is 3.02. The minimum absolute atomic E-state index is 0.00870. The van der Waals surface area contributed by atoms with E-state index >= 15 is 0 Å². The van der Waals surface area contributed by atoms with Crippen molar-refractivity contribution in [3.05, 3.63) is 46.2 Å². The van der Waals surface area contributed by atoms with Crippen LogP contribution in [0.4, 0.5) is 0 Å². The maximum atomic E-state index is 12.2. The molecule has 1 fully saturated rings. The molecule has 19 heavy (non-hydrogen) atoms. The van der Waals surface area contributed by atoms with Gasteiger partial charge >= 0.3 is 5.97 Å². The van der Waals surface area contributed by atoms with E-state index in [4.69, 9.17) is 9.57 Å². The number of nitrogens with zero attached hydrogens (tertiary/aromatic N) is 1. The Labute approximate surface area is 108 Å². The van der Waals surface area contributed by atoms with Crippen LogP contribution in [0, 0.1) is 0 Å². The average Bonchev–Trinajstić information content (AvgIpc) is 2.92. The number of pyridine rings is 1. The van der Waals surface area contributed by atoms with Crippen LogP contribution in [-0.4, -0.2) is 35.9 Å². The summed E-state index contributed by atoms with van der Waals surface area (Å²) in [5.41, 5.74) is 0.346. The van der Waals surface area contributed by atoms with Crippen LogP contribution >= 0.6 is 0 Å². The maximum absolute atomic E-state index is 12.2. The van der Waals surface area contributed by atoms with Crippen LogP contribution in [0.15, 0.2) is 35.3 Å². The number of rotatable bonds is 2. The first-order valence-corrected chi connectivity index (χ1v) is 5.91. The maximum Gasteiger partial charge on any atom is 0.362 e. The van der Waals surface area contributed by atoms with Gasteiger partial charge in [-0.25, -0.2) is 4.79 Å². The highest BCUT2D eigenvalue weighted by atomic mass is 16.7. The third kappa shape index (κ3) is 2.23. The second-order valence-corrected chi connectivity index (χ2v) is 4.20. The first-order valence-electron chi connectivity index (χ1n) is 5.91. The van der Waals surface area contributed by atoms with Gasteiger partial charge < -0.3 is 14.6 Å². The summed E-state index contributed by atoms with van der Waals surface area (Å²) in [6.45, 7) is 1.26. The first kappa shape index (κ1) is 11.9. The minimum atomic E-state index is -0.669. The number of aromatic amines is 1. The van der Waals surface area contributed by atoms with Gasteiger partial charge in [0, 0.05) is 17.1 Å². The van der Waals surface area contributed by atoms with Gasteiger partial charge in [0.25, 0.3) is 0 Å². The molecule has 1 aromatic carbocycles. The molecule has 6 heteroatoms. The number of aromatic nitrogens is 1. The zero-order valence-corrected chi connectivity index (χ0v) is 10.1. The van der Waals surface area contributed by atoms with Gasteiger partial charge in [0.1, 0.15) is 12.3 Å². The first-order chi connectivity index (χ1) is 9.25. The molecule has 3 rings (SSSR count). The van der Waals surface area contributed by atoms with Crippen LogP contribution in [0.2, 0.25) is 0 Å². The molecule has 1 saturated heterocycles. The summed E-state index contributed by atoms with van der Waals surface area (Å²) in [6, 6.07) is 7.02. The lowest BCUT2D eigenvalue weighted by Crippen LogP contribution is -2.28. The number of carbonyl (C=O) groups is 1. The van der Waals surface area contributed by atoms with Crippen molar-refractivity contribution in [2.45, 2.75) is 0 Å². The lowest BCUT2D eigenvalue weighted by atomic mass is 10.1. The Morgan fingerprint density at radius 2 is 2.21 bits per heavy atom. The van der Waals surface area contributed by atoms with Crippen LogP contribution in [-0.2, 0) is 9.57 Å². The van der Waals surface area contributed by atoms with E-state index in [1.54, 1.807) is 18.2 Å². The van der Waals surface area contributed by atoms with Crippen molar-refractivity contribution < 1.29 is 14.4 Å². The highest BCUT2D eigenvalue weighted by Crippen LogP contribution is 2.09. The van der Waals surface area contributed by atoms with Gasteiger partial charge in [0.15, 0.2) is 0 Å². The van der Waals surface area contributed by atoms with Gasteiger partial charge in [-0.1, -0.05) is 12.1 Å². The molecule has 1 aliphatic rings. The third-order valence-corrected chi connectivity index (χ3v) is 2.94. The molecule has 2 aromatic rings. The summed E-state index contributed by atoms with van der Waals surface area (Å²) in [4.78, 5) is 32.1. The smallest absolute Gasteiger partial charge is 0.361 e. The Morgan fingerprint density at radius 3 is 3.00 bits per heavy atom. The highest BCUT2D eigenvalue weighted by Gasteiger charge is 2.20. The quantitative estimate of drug-likeness (QED) is 0.868. The molecule has 1 aliphatic heterocycles. The van der Waals surface area contributed by atoms with Crippen molar-refractivity contribution in [1.82, 2.24) is 10.0 Å². The summed E-state index contributed by atoms with van der Waals surface area (Å²) >= 11 is 0. The zero-order valence-electron chi connectivity index (χ0n) is 10.1. The predicted molar refractivity (Wildman–Crippen MR) is 67.5 cm³/mol. The van der Waals surface area contributed by atoms with Gasteiger partial charge in [-0.3, -0.25) is 4.79 Å². The van der Waals surface area contributed by atoms with Crippen LogP contribution in [0.5, 0.6) is 0 Å². The molecule has 98 valence electrons. The lowest BCUT2D eigenvalue weighted by Gasteiger charge is -2.12. The molecule has 0 aliphatic carbocycles. The molecule has 0 saturated carbocycles. The van der Waals surface area contributed by atoms with E-state index in [2.05, 4.69) is 4.98 Å². The van der Waals surface area contributed by atoms with E-state index in [1.165, 1.54) is 11.3 Å². The lowest BCUT2D eigenvalue weighted by molar-refractivity contribution is -0.114. The zero-order chi connectivity index (χ0) is 13.2. The Bertz CT molecular complexity index is 674. The molecule has 0 amide bonds. The van der Waals surface area contributed by atoms with Crippen molar-refractivity contribution >= 4 is 16.9 Å². The van der Waals surface area contributed by atoms with Gasteiger partial charge in [0.05, 0.1) is 13.2 Å². The van der Waals surface area contributed by atoms with Crippen molar-refractivity contribution in [2.75, 3.05) is 19.9 Å². The fourth-order valence-corrected chi connectivity index (χ4v) is 1.95. The minimum Gasteiger partial charge on any atom is -0.361 e. The number of hydrogen-bond acceptors (Lipinski definition) is 5. The van der Waals surface area contributed by atoms with E-state index in [1.807, 2.05) is 6.07 Å². The molecule has 1 N–H and O–H groups in total. The molecule has 0 radical (unpaired) electrons. The second kappa shape index (κ2) is 4.83. The number of H-pyrrole nitrogens is 1. The monoisotopic (exact) mass is 260 g/mol. The number of hydrogen-bond donors (Lipinski definition) is 1. The van der Waals surface area contributed by atoms with Crippen LogP contribution in [0.3, 0.4) is 0 Å². The van der Waals surface area contributed by atoms with Gasteiger partial charge in [-0.05, 0) is 12.1 Å². The van der Waals surface area contributed by atoms with E-state index in [9.17, 15) is 9.59 Å². The number of fused-ring (bicyclic) bond motifs is 1. The summed E-state index contributed by atoms with van der Waals surface area (Å²) in [6.07, 6.45) is 1.38. The topological polar surface area (TPSA) is 71.6 Å². The van der Waals surface area contributed by atoms with Gasteiger partial charge in [-0.2, -0.15) is 0 Å². The summed E-state index contributed by atoms with van der Waals surface area (Å²) in [5.74, 6) is -0.669. The number of nitrogens with one attached hydrogen (secondary N) is 1. The number of benzene rings is 1. The van der Waals surface area contributed by atoms with Crippen molar-refractivity contribution in [3.8, 4) is 0 Å². The fraction of sp³-hybridized carbons (Fsp3) is 0.231. The summed E-state index contributed by atoms with van der Waals surface area (Å²) in [5, 5.41) is 1.85. The molecule has 6 nitrogen and oxygen atoms in total. The number of hydroxylamine groups is 2. The standard InChI is InChI=1S/C13H12N2O4/c16-12-9-3-1-2-4-11(9)14-7-10(12)13(17)19-15-5-6-18-8-15/h1-4,7H,5-6,8H2,(H,14,16). The van der Waals surface area contributed by atoms with Crippen LogP contribution in [0.25, 0.3) is 10.9 Å². The molecule has 0 unspecified atom stereocenters. The second-order valence-electron chi connectivity index (χ2n) is 4.20. The molecule has 1 aromatic heterocycles. The number of carbonyl (C=O) groups excluding carboxylic acids is 1. The van der Waals surface area contributed by atoms with Crippen molar-refractivity contribution in [2.24, 2.45) is 0 Å². The van der Waals surface area contributed by atoms with Gasteiger partial charge in [0.2, 0.25) is 5.43 Å². The van der Waals surface area contributed by atoms with E-state index in [0.717, 1.165) is 0 Å². The van der Waals surface area contributed by atoms with Crippen molar-refractivity contribution in [3.63, 3.8) is 0 Å². The summed E-state index contributed by atoms with van der Waals surface area (Å²) < 4.78 is 5.06. The Balaban J connectivity index is 1.94. The third-order valence-electron chi connectivity index (χ3n) is 2.94. The normalized spacial score (nSPS) is 15.8. The SMILES string of the molecule is O=C(ON1CCOC1)c1c[nH]c2ccccc2c1=O. The molecule has 2 heterocycles. The molecule has 0 atom stereocenters. The molecule has 0 spiro atoms. The van der Waals surface area contributed by atoms with Crippen molar-refractivity contribution in [1.29, 1.82) is 0 Å². The Hall–Kier alpha value is -2.18. The van der Waals surface area contributed by atoms with E-state index in [0.29, 0.717) is 24.1 Å².